The van der Waals surface area contributed by atoms with Crippen LogP contribution in [0.2, 0.25) is 5.02 Å². The summed E-state index contributed by atoms with van der Waals surface area (Å²) in [7, 11) is 0. The predicted molar refractivity (Wildman–Crippen MR) is 125 cm³/mol. The molecule has 30 heavy (non-hydrogen) atoms. The lowest BCUT2D eigenvalue weighted by Gasteiger charge is -2.23. The Bertz CT molecular complexity index is 1040. The fourth-order valence-electron chi connectivity index (χ4n) is 3.15. The molecule has 4 aromatic rings. The van der Waals surface area contributed by atoms with Crippen LogP contribution >= 0.6 is 23.4 Å². The molecule has 0 aliphatic carbocycles. The Morgan fingerprint density at radius 1 is 0.933 bits per heavy atom. The highest BCUT2D eigenvalue weighted by Crippen LogP contribution is 2.32. The number of benzene rings is 3. The summed E-state index contributed by atoms with van der Waals surface area (Å²) >= 11 is 6.61. The molecule has 2 unspecified atom stereocenters. The molecule has 4 rings (SSSR count). The molecule has 0 aliphatic heterocycles. The van der Waals surface area contributed by atoms with Gasteiger partial charge in [-0.15, -0.1) is 0 Å². The molecule has 0 fully saturated rings. The van der Waals surface area contributed by atoms with Crippen molar-refractivity contribution in [2.75, 3.05) is 0 Å². The lowest BCUT2D eigenvalue weighted by molar-refractivity contribution is 0.560. The molecule has 3 nitrogen and oxygen atoms in total. The molecule has 0 N–H and O–H groups in total. The van der Waals surface area contributed by atoms with Crippen molar-refractivity contribution in [2.24, 2.45) is 0 Å². The summed E-state index contributed by atoms with van der Waals surface area (Å²) in [4.78, 5) is 6.49. The van der Waals surface area contributed by atoms with Gasteiger partial charge < -0.3 is 9.12 Å². The highest BCUT2D eigenvalue weighted by molar-refractivity contribution is 7.99. The molecule has 2 atom stereocenters. The van der Waals surface area contributed by atoms with Crippen LogP contribution in [-0.2, 0) is 23.5 Å². The van der Waals surface area contributed by atoms with Gasteiger partial charge >= 0.3 is 0 Å². The molecule has 6 heteroatoms. The van der Waals surface area contributed by atoms with Crippen molar-refractivity contribution < 1.29 is 4.55 Å². The van der Waals surface area contributed by atoms with Crippen molar-refractivity contribution in [3.63, 3.8) is 0 Å². The second kappa shape index (κ2) is 10.2. The van der Waals surface area contributed by atoms with Gasteiger partial charge in [-0.25, -0.2) is 4.98 Å². The van der Waals surface area contributed by atoms with Crippen molar-refractivity contribution in [3.8, 4) is 0 Å². The van der Waals surface area contributed by atoms with E-state index in [2.05, 4.69) is 41.4 Å². The van der Waals surface area contributed by atoms with E-state index < -0.39 is 11.2 Å². The Hall–Kier alpha value is -2.18. The monoisotopic (exact) mass is 452 g/mol. The zero-order valence-electron chi connectivity index (χ0n) is 16.2. The Labute approximate surface area is 189 Å². The first-order chi connectivity index (χ1) is 14.7. The molecular formula is C24H21ClN2OS2. The minimum atomic E-state index is -1.09. The molecule has 3 aromatic carbocycles. The molecule has 152 valence electrons. The molecule has 0 radical (unpaired) electrons. The Kier molecular flexibility index (Phi) is 7.18. The molecule has 0 spiro atoms. The van der Waals surface area contributed by atoms with Gasteiger partial charge in [-0.05, 0) is 47.6 Å². The summed E-state index contributed by atoms with van der Waals surface area (Å²) in [5, 5.41) is 0.552. The van der Waals surface area contributed by atoms with Gasteiger partial charge in [-0.2, -0.15) is 0 Å². The highest BCUT2D eigenvalue weighted by atomic mass is 35.5. The lowest BCUT2D eigenvalue weighted by Crippen LogP contribution is -2.20. The number of hydrogen-bond acceptors (Lipinski definition) is 3. The van der Waals surface area contributed by atoms with Crippen LogP contribution in [0.15, 0.2) is 107 Å². The normalized spacial score (nSPS) is 13.1. The van der Waals surface area contributed by atoms with Crippen LogP contribution in [-0.4, -0.2) is 14.1 Å². The highest BCUT2D eigenvalue weighted by Gasteiger charge is 2.25. The number of imidazole rings is 1. The minimum absolute atomic E-state index is 0.134. The van der Waals surface area contributed by atoms with Crippen LogP contribution in [0.3, 0.4) is 0 Å². The first-order valence-corrected chi connectivity index (χ1v) is 12.2. The largest absolute Gasteiger partial charge is 0.616 e. The second-order valence-corrected chi connectivity index (χ2v) is 10.1. The first-order valence-electron chi connectivity index (χ1n) is 9.57. The fraction of sp³-hybridized carbons (Fsp3) is 0.125. The smallest absolute Gasteiger partial charge is 0.158 e. The first kappa shape index (κ1) is 21.1. The van der Waals surface area contributed by atoms with E-state index in [1.807, 2.05) is 53.2 Å². The Morgan fingerprint density at radius 2 is 1.63 bits per heavy atom. The average Bonchev–Trinajstić information content (AvgIpc) is 3.28. The van der Waals surface area contributed by atoms with E-state index in [-0.39, 0.29) is 5.25 Å². The number of rotatable bonds is 8. The van der Waals surface area contributed by atoms with Gasteiger partial charge in [-0.1, -0.05) is 65.8 Å². The Morgan fingerprint density at radius 3 is 2.30 bits per heavy atom. The van der Waals surface area contributed by atoms with Gasteiger partial charge in [-0.3, -0.25) is 0 Å². The standard InChI is InChI=1S/C24H21ClN2OS2/c25-21-10-6-19(7-11-21)17-30(28)24(16-27-15-14-26-18-27)20-8-12-23(13-9-20)29-22-4-2-1-3-5-22/h1-15,18,24H,16-17H2. The second-order valence-electron chi connectivity index (χ2n) is 6.88. The number of aromatic nitrogens is 2. The Balaban J connectivity index is 1.53. The van der Waals surface area contributed by atoms with Crippen LogP contribution < -0.4 is 0 Å². The van der Waals surface area contributed by atoms with Crippen molar-refractivity contribution in [2.45, 2.75) is 27.3 Å². The van der Waals surface area contributed by atoms with Gasteiger partial charge in [0.2, 0.25) is 0 Å². The third-order valence-corrected chi connectivity index (χ3v) is 7.65. The van der Waals surface area contributed by atoms with E-state index in [1.165, 1.54) is 4.90 Å². The molecule has 0 aliphatic rings. The van der Waals surface area contributed by atoms with Crippen LogP contribution in [0.4, 0.5) is 0 Å². The molecule has 0 saturated carbocycles. The average molecular weight is 453 g/mol. The van der Waals surface area contributed by atoms with Crippen molar-refractivity contribution in [3.05, 3.63) is 114 Å². The summed E-state index contributed by atoms with van der Waals surface area (Å²) in [6, 6.07) is 26.2. The maximum absolute atomic E-state index is 13.3. The topological polar surface area (TPSA) is 40.9 Å². The fourth-order valence-corrected chi connectivity index (χ4v) is 5.63. The van der Waals surface area contributed by atoms with Gasteiger partial charge in [0.1, 0.15) is 5.75 Å². The number of hydrogen-bond donors (Lipinski definition) is 0. The van der Waals surface area contributed by atoms with Crippen molar-refractivity contribution in [1.29, 1.82) is 0 Å². The number of halogens is 1. The van der Waals surface area contributed by atoms with Gasteiger partial charge in [0, 0.05) is 38.3 Å². The zero-order valence-corrected chi connectivity index (χ0v) is 18.6. The van der Waals surface area contributed by atoms with Crippen molar-refractivity contribution >= 4 is 34.5 Å². The van der Waals surface area contributed by atoms with Crippen LogP contribution in [0.1, 0.15) is 16.4 Å². The summed E-state index contributed by atoms with van der Waals surface area (Å²) in [5.41, 5.74) is 2.08. The molecule has 0 bridgehead atoms. The maximum atomic E-state index is 13.3. The molecule has 1 heterocycles. The van der Waals surface area contributed by atoms with Crippen molar-refractivity contribution in [1.82, 2.24) is 9.55 Å². The zero-order chi connectivity index (χ0) is 20.8. The SMILES string of the molecule is [O-][S+](Cc1ccc(Cl)cc1)C(Cn1ccnc1)c1ccc(Sc2ccccc2)cc1. The summed E-state index contributed by atoms with van der Waals surface area (Å²) < 4.78 is 15.3. The molecular weight excluding hydrogens is 432 g/mol. The van der Waals surface area contributed by atoms with Gasteiger partial charge in [0.15, 0.2) is 5.25 Å². The van der Waals surface area contributed by atoms with E-state index in [1.54, 1.807) is 24.3 Å². The van der Waals surface area contributed by atoms with Crippen LogP contribution in [0.25, 0.3) is 0 Å². The van der Waals surface area contributed by atoms with E-state index in [4.69, 9.17) is 11.6 Å². The quantitative estimate of drug-likeness (QED) is 0.291. The van der Waals surface area contributed by atoms with Crippen LogP contribution in [0.5, 0.6) is 0 Å². The van der Waals surface area contributed by atoms with E-state index in [0.717, 1.165) is 16.0 Å². The summed E-state index contributed by atoms with van der Waals surface area (Å²) in [5.74, 6) is 0.483. The third kappa shape index (κ3) is 5.70. The van der Waals surface area contributed by atoms with E-state index >= 15 is 0 Å². The lowest BCUT2D eigenvalue weighted by atomic mass is 10.1. The minimum Gasteiger partial charge on any atom is -0.616 e. The van der Waals surface area contributed by atoms with Crippen LogP contribution in [0, 0.1) is 0 Å². The molecule has 0 saturated heterocycles. The molecule has 1 aromatic heterocycles. The predicted octanol–water partition coefficient (Wildman–Crippen LogP) is 6.38. The van der Waals surface area contributed by atoms with Gasteiger partial charge in [0.05, 0.1) is 12.9 Å². The van der Waals surface area contributed by atoms with E-state index in [9.17, 15) is 4.55 Å². The third-order valence-electron chi connectivity index (χ3n) is 4.71. The van der Waals surface area contributed by atoms with Gasteiger partial charge in [0.25, 0.3) is 0 Å². The molecule has 0 amide bonds. The summed E-state index contributed by atoms with van der Waals surface area (Å²) in [6.07, 6.45) is 5.43. The maximum Gasteiger partial charge on any atom is 0.158 e. The summed E-state index contributed by atoms with van der Waals surface area (Å²) in [6.45, 7) is 0.616. The number of nitrogens with zero attached hydrogens (tertiary/aromatic N) is 2. The van der Waals surface area contributed by atoms with E-state index in [0.29, 0.717) is 17.3 Å².